The molecule has 0 fully saturated rings. The van der Waals surface area contributed by atoms with Gasteiger partial charge in [-0.15, -0.1) is 12.6 Å². The number of rotatable bonds is 2. The number of hydrogen-bond donors (Lipinski definition) is 1. The highest BCUT2D eigenvalue weighted by atomic mass is 32.1. The van der Waals surface area contributed by atoms with Crippen LogP contribution >= 0.6 is 12.6 Å². The fraction of sp³-hybridized carbons (Fsp3) is 0.0400. The number of fused-ring (bicyclic) bond motifs is 3. The zero-order valence-corrected chi connectivity index (χ0v) is 15.2. The van der Waals surface area contributed by atoms with Gasteiger partial charge in [-0.3, -0.25) is 0 Å². The Hall–Kier alpha value is -2.77. The first-order valence-corrected chi connectivity index (χ1v) is 9.31. The van der Waals surface area contributed by atoms with Gasteiger partial charge in [-0.2, -0.15) is 0 Å². The molecule has 1 aliphatic rings. The van der Waals surface area contributed by atoms with Gasteiger partial charge in [-0.25, -0.2) is 0 Å². The smallest absolute Gasteiger partial charge is 0.0713 e. The average molecular weight is 350 g/mol. The zero-order chi connectivity index (χ0) is 17.6. The van der Waals surface area contributed by atoms with Gasteiger partial charge in [0.2, 0.25) is 0 Å². The van der Waals surface area contributed by atoms with Gasteiger partial charge in [0.25, 0.3) is 0 Å². The van der Waals surface area contributed by atoms with Gasteiger partial charge in [-0.1, -0.05) is 91.0 Å². The maximum Gasteiger partial charge on any atom is 0.0713 e. The average Bonchev–Trinajstić information content (AvgIpc) is 3.00. The first-order chi connectivity index (χ1) is 12.8. The second-order valence-electron chi connectivity index (χ2n) is 6.76. The summed E-state index contributed by atoms with van der Waals surface area (Å²) < 4.78 is 0. The van der Waals surface area contributed by atoms with Crippen LogP contribution in [0.1, 0.15) is 22.3 Å². The van der Waals surface area contributed by atoms with Crippen LogP contribution in [0.5, 0.6) is 0 Å². The SMILES string of the molecule is Sc1ccc2c(c1)C(c1ccccc1)(c1ccccc1)c1ccccc1-2. The van der Waals surface area contributed by atoms with E-state index in [-0.39, 0.29) is 5.41 Å². The van der Waals surface area contributed by atoms with Gasteiger partial charge in [0.1, 0.15) is 0 Å². The molecular formula is C25H18S. The standard InChI is InChI=1S/C25H18S/c26-20-15-16-22-21-13-7-8-14-23(21)25(24(22)17-20,18-9-3-1-4-10-18)19-11-5-2-6-12-19/h1-17,26H. The second kappa shape index (κ2) is 5.89. The van der Waals surface area contributed by atoms with Crippen LogP contribution in [-0.2, 0) is 5.41 Å². The van der Waals surface area contributed by atoms with Crippen molar-refractivity contribution in [2.45, 2.75) is 10.3 Å². The van der Waals surface area contributed by atoms with E-state index in [1.54, 1.807) is 0 Å². The van der Waals surface area contributed by atoms with Crippen molar-refractivity contribution in [3.8, 4) is 11.1 Å². The minimum Gasteiger partial charge on any atom is -0.143 e. The Morgan fingerprint density at radius 3 is 1.69 bits per heavy atom. The van der Waals surface area contributed by atoms with Crippen molar-refractivity contribution in [1.82, 2.24) is 0 Å². The fourth-order valence-electron chi connectivity index (χ4n) is 4.43. The predicted octanol–water partition coefficient (Wildman–Crippen LogP) is 6.34. The van der Waals surface area contributed by atoms with E-state index in [9.17, 15) is 0 Å². The molecule has 0 N–H and O–H groups in total. The summed E-state index contributed by atoms with van der Waals surface area (Å²) in [6, 6.07) is 37.0. The first kappa shape index (κ1) is 15.5. The van der Waals surface area contributed by atoms with Crippen LogP contribution in [0.15, 0.2) is 108 Å². The summed E-state index contributed by atoms with van der Waals surface area (Å²) in [5, 5.41) is 0. The zero-order valence-electron chi connectivity index (χ0n) is 14.3. The Bertz CT molecular complexity index is 1040. The predicted molar refractivity (Wildman–Crippen MR) is 111 cm³/mol. The van der Waals surface area contributed by atoms with Gasteiger partial charge in [0.05, 0.1) is 5.41 Å². The minimum absolute atomic E-state index is 0.312. The molecule has 4 aromatic rings. The Balaban J connectivity index is 1.99. The summed E-state index contributed by atoms with van der Waals surface area (Å²) in [5.41, 5.74) is 7.52. The molecular weight excluding hydrogens is 332 g/mol. The van der Waals surface area contributed by atoms with E-state index in [4.69, 9.17) is 0 Å². The lowest BCUT2D eigenvalue weighted by Gasteiger charge is -2.33. The number of benzene rings is 4. The third-order valence-corrected chi connectivity index (χ3v) is 5.72. The van der Waals surface area contributed by atoms with E-state index in [0.29, 0.717) is 0 Å². The molecule has 0 spiro atoms. The second-order valence-corrected chi connectivity index (χ2v) is 7.27. The summed E-state index contributed by atoms with van der Waals surface area (Å²) in [5.74, 6) is 0. The van der Waals surface area contributed by atoms with Crippen LogP contribution in [0.4, 0.5) is 0 Å². The molecule has 1 heteroatoms. The van der Waals surface area contributed by atoms with Crippen molar-refractivity contribution in [2.75, 3.05) is 0 Å². The van der Waals surface area contributed by atoms with Crippen LogP contribution in [0.3, 0.4) is 0 Å². The number of hydrogen-bond acceptors (Lipinski definition) is 1. The Morgan fingerprint density at radius 1 is 0.500 bits per heavy atom. The molecule has 26 heavy (non-hydrogen) atoms. The molecule has 1 aliphatic carbocycles. The van der Waals surface area contributed by atoms with E-state index < -0.39 is 0 Å². The highest BCUT2D eigenvalue weighted by Crippen LogP contribution is 2.56. The van der Waals surface area contributed by atoms with Crippen LogP contribution in [0.25, 0.3) is 11.1 Å². The van der Waals surface area contributed by atoms with Crippen molar-refractivity contribution in [3.05, 3.63) is 125 Å². The van der Waals surface area contributed by atoms with Crippen LogP contribution < -0.4 is 0 Å². The molecule has 0 saturated heterocycles. The van der Waals surface area contributed by atoms with Crippen molar-refractivity contribution in [3.63, 3.8) is 0 Å². The Morgan fingerprint density at radius 2 is 1.04 bits per heavy atom. The molecule has 0 atom stereocenters. The molecule has 5 rings (SSSR count). The minimum atomic E-state index is -0.312. The maximum atomic E-state index is 4.66. The van der Waals surface area contributed by atoms with E-state index in [1.165, 1.54) is 33.4 Å². The van der Waals surface area contributed by atoms with E-state index in [0.717, 1.165) is 4.90 Å². The topological polar surface area (TPSA) is 0 Å². The van der Waals surface area contributed by atoms with Crippen molar-refractivity contribution in [2.24, 2.45) is 0 Å². The molecule has 0 radical (unpaired) electrons. The van der Waals surface area contributed by atoms with Gasteiger partial charge in [0.15, 0.2) is 0 Å². The van der Waals surface area contributed by atoms with Crippen molar-refractivity contribution in [1.29, 1.82) is 0 Å². The van der Waals surface area contributed by atoms with E-state index >= 15 is 0 Å². The Kier molecular flexibility index (Phi) is 3.51. The molecule has 0 aromatic heterocycles. The lowest BCUT2D eigenvalue weighted by molar-refractivity contribution is 0.766. The lowest BCUT2D eigenvalue weighted by atomic mass is 9.68. The van der Waals surface area contributed by atoms with Crippen LogP contribution in [0.2, 0.25) is 0 Å². The molecule has 4 aromatic carbocycles. The quantitative estimate of drug-likeness (QED) is 0.353. The van der Waals surface area contributed by atoms with Gasteiger partial charge in [0, 0.05) is 4.90 Å². The number of thiol groups is 1. The summed E-state index contributed by atoms with van der Waals surface area (Å²) in [7, 11) is 0. The molecule has 0 bridgehead atoms. The van der Waals surface area contributed by atoms with E-state index in [1.807, 2.05) is 0 Å². The van der Waals surface area contributed by atoms with Crippen molar-refractivity contribution >= 4 is 12.6 Å². The largest absolute Gasteiger partial charge is 0.143 e. The summed E-state index contributed by atoms with van der Waals surface area (Å²) in [6.45, 7) is 0. The van der Waals surface area contributed by atoms with Crippen molar-refractivity contribution < 1.29 is 0 Å². The Labute approximate surface area is 159 Å². The summed E-state index contributed by atoms with van der Waals surface area (Å²) in [4.78, 5) is 0.993. The molecule has 0 amide bonds. The molecule has 0 aliphatic heterocycles. The fourth-order valence-corrected chi connectivity index (χ4v) is 4.64. The summed E-state index contributed by atoms with van der Waals surface area (Å²) in [6.07, 6.45) is 0. The monoisotopic (exact) mass is 350 g/mol. The molecule has 124 valence electrons. The third kappa shape index (κ3) is 2.04. The van der Waals surface area contributed by atoms with E-state index in [2.05, 4.69) is 116 Å². The lowest BCUT2D eigenvalue weighted by Crippen LogP contribution is -2.28. The third-order valence-electron chi connectivity index (χ3n) is 5.44. The summed E-state index contributed by atoms with van der Waals surface area (Å²) >= 11 is 4.66. The normalized spacial score (nSPS) is 13.9. The highest BCUT2D eigenvalue weighted by Gasteiger charge is 2.45. The first-order valence-electron chi connectivity index (χ1n) is 8.86. The molecule has 0 heterocycles. The molecule has 0 unspecified atom stereocenters. The van der Waals surface area contributed by atoms with Gasteiger partial charge < -0.3 is 0 Å². The molecule has 0 nitrogen and oxygen atoms in total. The van der Waals surface area contributed by atoms with Gasteiger partial charge >= 0.3 is 0 Å². The van der Waals surface area contributed by atoms with Gasteiger partial charge in [-0.05, 0) is 45.5 Å². The van der Waals surface area contributed by atoms with Crippen LogP contribution in [0, 0.1) is 0 Å². The maximum absolute atomic E-state index is 4.66. The molecule has 0 saturated carbocycles. The van der Waals surface area contributed by atoms with Crippen LogP contribution in [-0.4, -0.2) is 0 Å². The highest BCUT2D eigenvalue weighted by molar-refractivity contribution is 7.80.